The smallest absolute Gasteiger partial charge is 0.328 e. The number of methoxy groups -OCH3 is 1. The Kier molecular flexibility index (Phi) is 8.21. The van der Waals surface area contributed by atoms with Crippen molar-refractivity contribution < 1.29 is 19.1 Å². The third kappa shape index (κ3) is 5.73. The van der Waals surface area contributed by atoms with E-state index in [1.165, 1.54) is 7.11 Å². The molecule has 0 saturated carbocycles. The van der Waals surface area contributed by atoms with Gasteiger partial charge in [-0.2, -0.15) is 0 Å². The number of hydrogen-bond donors (Lipinski definition) is 1. The number of likely N-dealkylation sites (tertiary alicyclic amines) is 1. The van der Waals surface area contributed by atoms with Gasteiger partial charge in [-0.25, -0.2) is 9.59 Å². The molecule has 1 aliphatic heterocycles. The van der Waals surface area contributed by atoms with E-state index >= 15 is 0 Å². The summed E-state index contributed by atoms with van der Waals surface area (Å²) in [6.07, 6.45) is 0.248. The zero-order valence-electron chi connectivity index (χ0n) is 22.2. The van der Waals surface area contributed by atoms with Gasteiger partial charge in [0, 0.05) is 13.0 Å². The number of carbonyl (C=O) groups is 3. The van der Waals surface area contributed by atoms with Gasteiger partial charge < -0.3 is 15.0 Å². The van der Waals surface area contributed by atoms with Crippen LogP contribution in [0.4, 0.5) is 16.2 Å². The lowest BCUT2D eigenvalue weighted by Crippen LogP contribution is -2.46. The number of amides is 3. The Morgan fingerprint density at radius 1 is 0.750 bits per heavy atom. The first-order valence-electron chi connectivity index (χ1n) is 13.3. The number of anilines is 2. The Bertz CT molecular complexity index is 1350. The largest absolute Gasteiger partial charge is 0.467 e. The van der Waals surface area contributed by atoms with Gasteiger partial charge in [-0.15, -0.1) is 0 Å². The number of esters is 1. The van der Waals surface area contributed by atoms with Crippen molar-refractivity contribution in [3.05, 3.63) is 132 Å². The highest BCUT2D eigenvalue weighted by molar-refractivity contribution is 6.00. The zero-order valence-corrected chi connectivity index (χ0v) is 22.2. The first kappa shape index (κ1) is 26.7. The minimum absolute atomic E-state index is 0.178. The van der Waals surface area contributed by atoms with Gasteiger partial charge in [0.05, 0.1) is 30.4 Å². The number of urea groups is 1. The summed E-state index contributed by atoms with van der Waals surface area (Å²) in [5.41, 5.74) is 3.06. The van der Waals surface area contributed by atoms with Crippen molar-refractivity contribution in [2.75, 3.05) is 18.6 Å². The van der Waals surface area contributed by atoms with Crippen LogP contribution in [0.2, 0.25) is 0 Å². The van der Waals surface area contributed by atoms with Crippen LogP contribution in [0.15, 0.2) is 121 Å². The SMILES string of the molecule is COC(=O)[C@@H]1C[C@H](NC(=O)N(c2ccccc2)c2ccccc2)CN1C(=O)C(c1ccccc1)c1ccccc1. The fourth-order valence-corrected chi connectivity index (χ4v) is 5.25. The van der Waals surface area contributed by atoms with Gasteiger partial charge in [-0.3, -0.25) is 9.69 Å². The van der Waals surface area contributed by atoms with E-state index < -0.39 is 24.0 Å². The minimum Gasteiger partial charge on any atom is -0.467 e. The molecule has 1 heterocycles. The minimum atomic E-state index is -0.820. The molecule has 0 aliphatic carbocycles. The highest BCUT2D eigenvalue weighted by Gasteiger charge is 2.43. The molecule has 0 bridgehead atoms. The van der Waals surface area contributed by atoms with Crippen LogP contribution in [0.5, 0.6) is 0 Å². The second-order valence-corrected chi connectivity index (χ2v) is 9.67. The lowest BCUT2D eigenvalue weighted by atomic mass is 9.90. The molecular formula is C33H31N3O4. The van der Waals surface area contributed by atoms with Crippen molar-refractivity contribution in [1.29, 1.82) is 0 Å². The van der Waals surface area contributed by atoms with Crippen LogP contribution in [-0.2, 0) is 14.3 Å². The molecule has 1 aliphatic rings. The maximum atomic E-state index is 14.2. The van der Waals surface area contributed by atoms with Gasteiger partial charge in [-0.1, -0.05) is 97.1 Å². The number of carbonyl (C=O) groups excluding carboxylic acids is 3. The summed E-state index contributed by atoms with van der Waals surface area (Å²) in [6, 6.07) is 36.1. The highest BCUT2D eigenvalue weighted by atomic mass is 16.5. The third-order valence-electron chi connectivity index (χ3n) is 7.13. The molecule has 7 heteroatoms. The lowest BCUT2D eigenvalue weighted by molar-refractivity contribution is -0.151. The Morgan fingerprint density at radius 2 is 1.20 bits per heavy atom. The van der Waals surface area contributed by atoms with Crippen molar-refractivity contribution >= 4 is 29.3 Å². The Balaban J connectivity index is 1.43. The van der Waals surface area contributed by atoms with E-state index in [2.05, 4.69) is 5.32 Å². The normalized spacial score (nSPS) is 16.4. The second kappa shape index (κ2) is 12.3. The van der Waals surface area contributed by atoms with E-state index in [4.69, 9.17) is 4.74 Å². The van der Waals surface area contributed by atoms with Crippen LogP contribution >= 0.6 is 0 Å². The standard InChI is InChI=1S/C33H31N3O4/c1-40-32(38)29-22-26(34-33(39)36(27-18-10-4-11-19-27)28-20-12-5-13-21-28)23-35(29)31(37)30(24-14-6-2-7-15-24)25-16-8-3-9-17-25/h2-21,26,29-30H,22-23H2,1H3,(H,34,39)/t26-,29-/m0/s1. The predicted octanol–water partition coefficient (Wildman–Crippen LogP) is 5.51. The molecule has 0 aromatic heterocycles. The number of ether oxygens (including phenoxy) is 1. The number of rotatable bonds is 7. The Morgan fingerprint density at radius 3 is 1.65 bits per heavy atom. The monoisotopic (exact) mass is 533 g/mol. The molecule has 0 radical (unpaired) electrons. The molecule has 5 rings (SSSR count). The molecular weight excluding hydrogens is 502 g/mol. The molecule has 2 atom stereocenters. The van der Waals surface area contributed by atoms with Crippen LogP contribution in [0.3, 0.4) is 0 Å². The summed E-state index contributed by atoms with van der Waals surface area (Å²) in [7, 11) is 1.31. The van der Waals surface area contributed by atoms with Crippen molar-refractivity contribution in [3.8, 4) is 0 Å². The molecule has 0 unspecified atom stereocenters. The van der Waals surface area contributed by atoms with Gasteiger partial charge in [0.1, 0.15) is 6.04 Å². The van der Waals surface area contributed by atoms with E-state index in [-0.39, 0.29) is 24.9 Å². The van der Waals surface area contributed by atoms with E-state index in [1.54, 1.807) is 9.80 Å². The molecule has 1 fully saturated rings. The fraction of sp³-hybridized carbons (Fsp3) is 0.182. The second-order valence-electron chi connectivity index (χ2n) is 9.67. The number of nitrogens with zero attached hydrogens (tertiary/aromatic N) is 2. The van der Waals surface area contributed by atoms with Crippen LogP contribution in [0.25, 0.3) is 0 Å². The molecule has 1 N–H and O–H groups in total. The van der Waals surface area contributed by atoms with E-state index in [0.29, 0.717) is 11.4 Å². The van der Waals surface area contributed by atoms with E-state index in [9.17, 15) is 14.4 Å². The number of para-hydroxylation sites is 2. The van der Waals surface area contributed by atoms with Crippen LogP contribution < -0.4 is 10.2 Å². The first-order chi connectivity index (χ1) is 19.6. The molecule has 3 amide bonds. The molecule has 1 saturated heterocycles. The summed E-state index contributed by atoms with van der Waals surface area (Å²) < 4.78 is 5.09. The summed E-state index contributed by atoms with van der Waals surface area (Å²) >= 11 is 0. The van der Waals surface area contributed by atoms with Gasteiger partial charge in [0.15, 0.2) is 0 Å². The van der Waals surface area contributed by atoms with Crippen molar-refractivity contribution in [2.45, 2.75) is 24.4 Å². The van der Waals surface area contributed by atoms with Crippen LogP contribution in [0.1, 0.15) is 23.5 Å². The average molecular weight is 534 g/mol. The molecule has 202 valence electrons. The quantitative estimate of drug-likeness (QED) is 0.318. The maximum Gasteiger partial charge on any atom is 0.328 e. The lowest BCUT2D eigenvalue weighted by Gasteiger charge is -2.28. The average Bonchev–Trinajstić information content (AvgIpc) is 3.43. The topological polar surface area (TPSA) is 79.0 Å². The summed E-state index contributed by atoms with van der Waals surface area (Å²) in [6.45, 7) is 0.178. The molecule has 40 heavy (non-hydrogen) atoms. The van der Waals surface area contributed by atoms with Crippen LogP contribution in [0, 0.1) is 0 Å². The fourth-order valence-electron chi connectivity index (χ4n) is 5.25. The number of nitrogens with one attached hydrogen (secondary N) is 1. The summed E-state index contributed by atoms with van der Waals surface area (Å²) in [4.78, 5) is 43.9. The van der Waals surface area contributed by atoms with Gasteiger partial charge in [0.2, 0.25) is 5.91 Å². The third-order valence-corrected chi connectivity index (χ3v) is 7.13. The van der Waals surface area contributed by atoms with E-state index in [1.807, 2.05) is 121 Å². The zero-order chi connectivity index (χ0) is 27.9. The van der Waals surface area contributed by atoms with Gasteiger partial charge in [0.25, 0.3) is 0 Å². The molecule has 4 aromatic carbocycles. The van der Waals surface area contributed by atoms with Crippen molar-refractivity contribution in [1.82, 2.24) is 10.2 Å². The molecule has 4 aromatic rings. The number of benzene rings is 4. The first-order valence-corrected chi connectivity index (χ1v) is 13.3. The summed E-state index contributed by atoms with van der Waals surface area (Å²) in [5, 5.41) is 3.07. The Hall–Kier alpha value is -4.91. The number of hydrogen-bond acceptors (Lipinski definition) is 4. The maximum absolute atomic E-state index is 14.2. The summed E-state index contributed by atoms with van der Waals surface area (Å²) in [5.74, 6) is -1.32. The highest BCUT2D eigenvalue weighted by Crippen LogP contribution is 2.32. The molecule has 7 nitrogen and oxygen atoms in total. The van der Waals surface area contributed by atoms with Gasteiger partial charge >= 0.3 is 12.0 Å². The predicted molar refractivity (Wildman–Crippen MR) is 154 cm³/mol. The van der Waals surface area contributed by atoms with E-state index in [0.717, 1.165) is 11.1 Å². The van der Waals surface area contributed by atoms with Crippen molar-refractivity contribution in [2.24, 2.45) is 0 Å². The van der Waals surface area contributed by atoms with Gasteiger partial charge in [-0.05, 0) is 35.4 Å². The van der Waals surface area contributed by atoms with Crippen molar-refractivity contribution in [3.63, 3.8) is 0 Å². The molecule has 0 spiro atoms. The van der Waals surface area contributed by atoms with Crippen LogP contribution in [-0.4, -0.2) is 48.5 Å². The Labute approximate surface area is 234 Å².